The largest absolute Gasteiger partial charge is 0.550 e. The van der Waals surface area contributed by atoms with Crippen LogP contribution >= 0.6 is 0 Å². The molecule has 1 aliphatic rings. The van der Waals surface area contributed by atoms with Crippen LogP contribution in [0.2, 0.25) is 0 Å². The summed E-state index contributed by atoms with van der Waals surface area (Å²) >= 11 is 0. The second-order valence-electron chi connectivity index (χ2n) is 6.65. The highest BCUT2D eigenvalue weighted by Gasteiger charge is 2.25. The Kier molecular flexibility index (Phi) is 18.1. The number of rotatable bonds is 16. The van der Waals surface area contributed by atoms with Gasteiger partial charge in [0, 0.05) is 38.9 Å². The van der Waals surface area contributed by atoms with Gasteiger partial charge < -0.3 is 38.1 Å². The fourth-order valence-corrected chi connectivity index (χ4v) is 2.59. The van der Waals surface area contributed by atoms with Crippen molar-refractivity contribution in [3.8, 4) is 0 Å². The Morgan fingerprint density at radius 1 is 0.852 bits per heavy atom. The third-order valence-electron chi connectivity index (χ3n) is 4.25. The third-order valence-corrected chi connectivity index (χ3v) is 4.25. The van der Waals surface area contributed by atoms with E-state index in [0.717, 1.165) is 13.2 Å². The minimum absolute atomic E-state index is 0.0832. The number of carboxylic acid groups (broad SMARTS) is 1. The minimum atomic E-state index is -1.10. The molecule has 0 atom stereocenters. The van der Waals surface area contributed by atoms with E-state index in [0.29, 0.717) is 39.6 Å². The SMILES string of the molecule is CCOCC[N+]1(C)CCCC1.COCCOCCOCCOCCC(=O)[O-]. The van der Waals surface area contributed by atoms with Crippen LogP contribution < -0.4 is 5.11 Å². The maximum Gasteiger partial charge on any atom is 0.102 e. The van der Waals surface area contributed by atoms with Gasteiger partial charge in [0.2, 0.25) is 0 Å². The molecule has 0 radical (unpaired) electrons. The molecule has 0 unspecified atom stereocenters. The lowest BCUT2D eigenvalue weighted by atomic mass is 10.4. The monoisotopic (exact) mass is 393 g/mol. The van der Waals surface area contributed by atoms with E-state index in [2.05, 4.69) is 14.0 Å². The van der Waals surface area contributed by atoms with Gasteiger partial charge in [-0.3, -0.25) is 0 Å². The summed E-state index contributed by atoms with van der Waals surface area (Å²) in [5.74, 6) is -1.10. The predicted octanol–water partition coefficient (Wildman–Crippen LogP) is 0.0859. The second-order valence-corrected chi connectivity index (χ2v) is 6.65. The number of carboxylic acids is 1. The van der Waals surface area contributed by atoms with Gasteiger partial charge in [-0.25, -0.2) is 0 Å². The van der Waals surface area contributed by atoms with Crippen molar-refractivity contribution < 1.29 is 38.1 Å². The topological polar surface area (TPSA) is 86.3 Å². The maximum atomic E-state index is 10.0. The van der Waals surface area contributed by atoms with Crippen molar-refractivity contribution in [1.29, 1.82) is 0 Å². The summed E-state index contributed by atoms with van der Waals surface area (Å²) in [6.45, 7) is 10.9. The number of ether oxygens (including phenoxy) is 5. The molecule has 1 heterocycles. The van der Waals surface area contributed by atoms with Gasteiger partial charge in [0.15, 0.2) is 0 Å². The van der Waals surface area contributed by atoms with Gasteiger partial charge in [0.05, 0.1) is 73.0 Å². The second kappa shape index (κ2) is 18.6. The average molecular weight is 394 g/mol. The zero-order valence-corrected chi connectivity index (χ0v) is 17.4. The predicted molar refractivity (Wildman–Crippen MR) is 100 cm³/mol. The molecule has 162 valence electrons. The molecule has 0 amide bonds. The summed E-state index contributed by atoms with van der Waals surface area (Å²) in [7, 11) is 3.95. The van der Waals surface area contributed by atoms with Crippen molar-refractivity contribution >= 4 is 5.97 Å². The molecular weight excluding hydrogens is 354 g/mol. The number of carbonyl (C=O) groups excluding carboxylic acids is 1. The first-order valence-electron chi connectivity index (χ1n) is 9.87. The Balaban J connectivity index is 0.000000533. The minimum Gasteiger partial charge on any atom is -0.550 e. The zero-order valence-electron chi connectivity index (χ0n) is 17.4. The highest BCUT2D eigenvalue weighted by atomic mass is 16.6. The van der Waals surface area contributed by atoms with Crippen LogP contribution in [-0.2, 0) is 28.5 Å². The number of hydrogen-bond acceptors (Lipinski definition) is 7. The smallest absolute Gasteiger partial charge is 0.102 e. The van der Waals surface area contributed by atoms with Gasteiger partial charge in [0.1, 0.15) is 6.54 Å². The van der Waals surface area contributed by atoms with Crippen LogP contribution in [0.1, 0.15) is 26.2 Å². The van der Waals surface area contributed by atoms with Crippen LogP contribution in [0.3, 0.4) is 0 Å². The number of methoxy groups -OCH3 is 1. The van der Waals surface area contributed by atoms with Crippen molar-refractivity contribution in [2.45, 2.75) is 26.2 Å². The van der Waals surface area contributed by atoms with E-state index in [4.69, 9.17) is 23.7 Å². The van der Waals surface area contributed by atoms with Crippen LogP contribution in [0.5, 0.6) is 0 Å². The van der Waals surface area contributed by atoms with Crippen molar-refractivity contribution in [3.05, 3.63) is 0 Å². The lowest BCUT2D eigenvalue weighted by Gasteiger charge is -2.28. The maximum absolute atomic E-state index is 10.0. The number of quaternary nitrogens is 1. The van der Waals surface area contributed by atoms with Crippen molar-refractivity contribution in [2.75, 3.05) is 93.3 Å². The van der Waals surface area contributed by atoms with E-state index >= 15 is 0 Å². The van der Waals surface area contributed by atoms with Crippen LogP contribution in [0.4, 0.5) is 0 Å². The van der Waals surface area contributed by atoms with Crippen LogP contribution in [0.15, 0.2) is 0 Å². The Morgan fingerprint density at radius 2 is 1.37 bits per heavy atom. The lowest BCUT2D eigenvalue weighted by Crippen LogP contribution is -2.43. The molecule has 8 nitrogen and oxygen atoms in total. The van der Waals surface area contributed by atoms with E-state index in [1.165, 1.54) is 37.0 Å². The van der Waals surface area contributed by atoms with Crippen molar-refractivity contribution in [1.82, 2.24) is 0 Å². The molecule has 1 saturated heterocycles. The lowest BCUT2D eigenvalue weighted by molar-refractivity contribution is -0.898. The van der Waals surface area contributed by atoms with Crippen molar-refractivity contribution in [2.24, 2.45) is 0 Å². The van der Waals surface area contributed by atoms with Gasteiger partial charge in [0.25, 0.3) is 0 Å². The van der Waals surface area contributed by atoms with E-state index in [9.17, 15) is 9.90 Å². The molecule has 1 aliphatic heterocycles. The van der Waals surface area contributed by atoms with Gasteiger partial charge >= 0.3 is 0 Å². The molecule has 0 saturated carbocycles. The number of hydrogen-bond donors (Lipinski definition) is 0. The number of likely N-dealkylation sites (tertiary alicyclic amines) is 1. The van der Waals surface area contributed by atoms with Crippen molar-refractivity contribution in [3.63, 3.8) is 0 Å². The fraction of sp³-hybridized carbons (Fsp3) is 0.947. The molecule has 1 rings (SSSR count). The molecule has 0 aromatic heterocycles. The molecule has 8 heteroatoms. The van der Waals surface area contributed by atoms with E-state index in [-0.39, 0.29) is 13.0 Å². The quantitative estimate of drug-likeness (QED) is 0.271. The van der Waals surface area contributed by atoms with Crippen LogP contribution in [-0.4, -0.2) is 104 Å². The summed E-state index contributed by atoms with van der Waals surface area (Å²) in [5, 5.41) is 10.0. The van der Waals surface area contributed by atoms with Crippen LogP contribution in [0, 0.1) is 0 Å². The highest BCUT2D eigenvalue weighted by molar-refractivity contribution is 5.64. The number of nitrogens with zero attached hydrogens (tertiary/aromatic N) is 1. The molecule has 0 aromatic rings. The van der Waals surface area contributed by atoms with E-state index < -0.39 is 5.97 Å². The van der Waals surface area contributed by atoms with Crippen LogP contribution in [0.25, 0.3) is 0 Å². The third kappa shape index (κ3) is 18.4. The first-order chi connectivity index (χ1) is 13.0. The first kappa shape index (κ1) is 26.2. The first-order valence-corrected chi connectivity index (χ1v) is 9.87. The van der Waals surface area contributed by atoms with Gasteiger partial charge in [-0.05, 0) is 6.92 Å². The summed E-state index contributed by atoms with van der Waals surface area (Å²) in [6, 6.07) is 0. The zero-order chi connectivity index (χ0) is 20.2. The highest BCUT2D eigenvalue weighted by Crippen LogP contribution is 2.15. The molecule has 0 spiro atoms. The molecule has 0 aliphatic carbocycles. The Hall–Kier alpha value is -0.770. The molecular formula is C19H39NO7. The molecule has 27 heavy (non-hydrogen) atoms. The van der Waals surface area contributed by atoms with E-state index in [1.807, 2.05) is 0 Å². The summed E-state index contributed by atoms with van der Waals surface area (Å²) in [5.41, 5.74) is 0. The summed E-state index contributed by atoms with van der Waals surface area (Å²) < 4.78 is 26.7. The van der Waals surface area contributed by atoms with Gasteiger partial charge in [-0.1, -0.05) is 0 Å². The summed E-state index contributed by atoms with van der Waals surface area (Å²) in [6.07, 6.45) is 2.73. The number of aliphatic carboxylic acids is 1. The summed E-state index contributed by atoms with van der Waals surface area (Å²) in [4.78, 5) is 10.0. The Labute approximate surface area is 164 Å². The van der Waals surface area contributed by atoms with Gasteiger partial charge in [-0.15, -0.1) is 0 Å². The molecule has 0 N–H and O–H groups in total. The Bertz CT molecular complexity index is 336. The Morgan fingerprint density at radius 3 is 1.85 bits per heavy atom. The molecule has 0 bridgehead atoms. The molecule has 0 aromatic carbocycles. The average Bonchev–Trinajstić information content (AvgIpc) is 3.07. The van der Waals surface area contributed by atoms with E-state index in [1.54, 1.807) is 7.11 Å². The molecule has 1 fully saturated rings. The fourth-order valence-electron chi connectivity index (χ4n) is 2.59. The number of likely N-dealkylation sites (N-methyl/N-ethyl adjacent to an activating group) is 1. The normalized spacial score (nSPS) is 15.4. The standard InChI is InChI=1S/C10H20O6.C9H20NO/c1-13-4-5-15-8-9-16-7-6-14-3-2-10(11)12;1-3-11-9-8-10(2)6-4-5-7-10/h2-9H2,1H3,(H,11,12);3-9H2,1-2H3/q;+1/p-1. The number of carbonyl (C=O) groups is 1. The van der Waals surface area contributed by atoms with Gasteiger partial charge in [-0.2, -0.15) is 0 Å².